The molecular formula is C16H15ClF2. The number of hydrogen-bond acceptors (Lipinski definition) is 0. The summed E-state index contributed by atoms with van der Waals surface area (Å²) in [6.45, 7) is 2.01. The number of alkyl halides is 1. The van der Waals surface area contributed by atoms with Crippen molar-refractivity contribution in [2.45, 2.75) is 18.7 Å². The predicted molar refractivity (Wildman–Crippen MR) is 74.3 cm³/mol. The van der Waals surface area contributed by atoms with E-state index in [1.165, 1.54) is 6.07 Å². The molecule has 100 valence electrons. The van der Waals surface area contributed by atoms with Gasteiger partial charge in [-0.1, -0.05) is 43.3 Å². The molecule has 0 aliphatic rings. The summed E-state index contributed by atoms with van der Waals surface area (Å²) in [5.41, 5.74) is 1.80. The zero-order valence-corrected chi connectivity index (χ0v) is 11.4. The van der Waals surface area contributed by atoms with Crippen LogP contribution in [0.5, 0.6) is 0 Å². The van der Waals surface area contributed by atoms with Crippen molar-refractivity contribution in [3.8, 4) is 0 Å². The van der Waals surface area contributed by atoms with Gasteiger partial charge >= 0.3 is 0 Å². The molecule has 0 bridgehead atoms. The molecule has 0 spiro atoms. The highest BCUT2D eigenvalue weighted by Gasteiger charge is 2.17. The molecule has 0 N–H and O–H groups in total. The largest absolute Gasteiger partial charge is 0.204 e. The van der Waals surface area contributed by atoms with Crippen LogP contribution >= 0.6 is 11.6 Å². The summed E-state index contributed by atoms with van der Waals surface area (Å²) in [6.07, 6.45) is 0.611. The SMILES string of the molecule is CC(Cc1ccc(F)c(F)c1)C(Cl)c1ccccc1. The second kappa shape index (κ2) is 6.16. The highest BCUT2D eigenvalue weighted by atomic mass is 35.5. The van der Waals surface area contributed by atoms with Crippen LogP contribution in [0.1, 0.15) is 23.4 Å². The second-order valence-electron chi connectivity index (χ2n) is 4.74. The minimum Gasteiger partial charge on any atom is -0.204 e. The van der Waals surface area contributed by atoms with Crippen LogP contribution in [0, 0.1) is 17.6 Å². The molecule has 0 aliphatic heterocycles. The molecule has 2 unspecified atom stereocenters. The van der Waals surface area contributed by atoms with E-state index in [-0.39, 0.29) is 11.3 Å². The van der Waals surface area contributed by atoms with E-state index in [2.05, 4.69) is 0 Å². The van der Waals surface area contributed by atoms with Crippen molar-refractivity contribution >= 4 is 11.6 Å². The molecule has 2 atom stereocenters. The number of rotatable bonds is 4. The third-order valence-corrected chi connectivity index (χ3v) is 3.84. The molecule has 0 saturated heterocycles. The Balaban J connectivity index is 2.08. The summed E-state index contributed by atoms with van der Waals surface area (Å²) in [5, 5.41) is -0.144. The lowest BCUT2D eigenvalue weighted by Crippen LogP contribution is -2.08. The summed E-state index contributed by atoms with van der Waals surface area (Å²) < 4.78 is 26.0. The Labute approximate surface area is 117 Å². The Kier molecular flexibility index (Phi) is 4.54. The molecule has 0 nitrogen and oxygen atoms in total. The van der Waals surface area contributed by atoms with Gasteiger partial charge in [0.15, 0.2) is 11.6 Å². The predicted octanol–water partition coefficient (Wildman–Crippen LogP) is 5.12. The zero-order chi connectivity index (χ0) is 13.8. The molecule has 3 heteroatoms. The Morgan fingerprint density at radius 1 is 1.00 bits per heavy atom. The van der Waals surface area contributed by atoms with Crippen LogP contribution in [0.2, 0.25) is 0 Å². The topological polar surface area (TPSA) is 0 Å². The molecule has 0 radical (unpaired) electrons. The van der Waals surface area contributed by atoms with Gasteiger partial charge in [0.1, 0.15) is 0 Å². The quantitative estimate of drug-likeness (QED) is 0.682. The lowest BCUT2D eigenvalue weighted by atomic mass is 9.93. The third kappa shape index (κ3) is 3.54. The Morgan fingerprint density at radius 3 is 2.32 bits per heavy atom. The van der Waals surface area contributed by atoms with Crippen LogP contribution in [0.15, 0.2) is 48.5 Å². The van der Waals surface area contributed by atoms with E-state index in [1.54, 1.807) is 6.07 Å². The standard InChI is InChI=1S/C16H15ClF2/c1-11(16(17)13-5-3-2-4-6-13)9-12-7-8-14(18)15(19)10-12/h2-8,10-11,16H,9H2,1H3. The molecule has 0 aliphatic carbocycles. The lowest BCUT2D eigenvalue weighted by molar-refractivity contribution is 0.502. The van der Waals surface area contributed by atoms with Crippen molar-refractivity contribution in [2.75, 3.05) is 0 Å². The molecule has 0 fully saturated rings. The van der Waals surface area contributed by atoms with Crippen molar-refractivity contribution in [3.63, 3.8) is 0 Å². The minimum atomic E-state index is -0.818. The molecule has 2 aromatic rings. The number of benzene rings is 2. The Hall–Kier alpha value is -1.41. The molecule has 0 aromatic heterocycles. The van der Waals surface area contributed by atoms with Gasteiger partial charge in [-0.3, -0.25) is 0 Å². The maximum atomic E-state index is 13.1. The van der Waals surface area contributed by atoms with E-state index in [0.29, 0.717) is 6.42 Å². The van der Waals surface area contributed by atoms with Crippen LogP contribution in [-0.2, 0) is 6.42 Å². The number of halogens is 3. The average Bonchev–Trinajstić information content (AvgIpc) is 2.43. The summed E-state index contributed by atoms with van der Waals surface area (Å²) in [4.78, 5) is 0. The van der Waals surface area contributed by atoms with Gasteiger partial charge in [0.25, 0.3) is 0 Å². The summed E-state index contributed by atoms with van der Waals surface area (Å²) in [7, 11) is 0. The van der Waals surface area contributed by atoms with Crippen molar-refractivity contribution in [1.82, 2.24) is 0 Å². The molecule has 0 heterocycles. The first kappa shape index (κ1) is 14.0. The van der Waals surface area contributed by atoms with E-state index in [4.69, 9.17) is 11.6 Å². The molecule has 0 saturated carbocycles. The number of hydrogen-bond donors (Lipinski definition) is 0. The fourth-order valence-electron chi connectivity index (χ4n) is 2.11. The van der Waals surface area contributed by atoms with Gasteiger partial charge < -0.3 is 0 Å². The van der Waals surface area contributed by atoms with E-state index in [0.717, 1.165) is 17.2 Å². The first-order valence-electron chi connectivity index (χ1n) is 6.21. The van der Waals surface area contributed by atoms with Crippen molar-refractivity contribution in [2.24, 2.45) is 5.92 Å². The van der Waals surface area contributed by atoms with Gasteiger partial charge in [-0.15, -0.1) is 11.6 Å². The Bertz CT molecular complexity index is 540. The highest BCUT2D eigenvalue weighted by Crippen LogP contribution is 2.31. The van der Waals surface area contributed by atoms with Crippen LogP contribution in [0.3, 0.4) is 0 Å². The maximum absolute atomic E-state index is 13.1. The summed E-state index contributed by atoms with van der Waals surface area (Å²) in [6, 6.07) is 13.8. The molecule has 2 aromatic carbocycles. The smallest absolute Gasteiger partial charge is 0.159 e. The second-order valence-corrected chi connectivity index (χ2v) is 5.21. The molecule has 2 rings (SSSR count). The normalized spacial score (nSPS) is 14.1. The van der Waals surface area contributed by atoms with Crippen LogP contribution in [-0.4, -0.2) is 0 Å². The van der Waals surface area contributed by atoms with Crippen molar-refractivity contribution in [3.05, 3.63) is 71.3 Å². The van der Waals surface area contributed by atoms with E-state index in [1.807, 2.05) is 37.3 Å². The van der Waals surface area contributed by atoms with Gasteiger partial charge in [0, 0.05) is 0 Å². The Morgan fingerprint density at radius 2 is 1.68 bits per heavy atom. The van der Waals surface area contributed by atoms with E-state index >= 15 is 0 Å². The van der Waals surface area contributed by atoms with Crippen LogP contribution < -0.4 is 0 Å². The fourth-order valence-corrected chi connectivity index (χ4v) is 2.34. The maximum Gasteiger partial charge on any atom is 0.159 e. The van der Waals surface area contributed by atoms with Crippen molar-refractivity contribution < 1.29 is 8.78 Å². The summed E-state index contributed by atoms with van der Waals surface area (Å²) in [5.74, 6) is -1.49. The fraction of sp³-hybridized carbons (Fsp3) is 0.250. The van der Waals surface area contributed by atoms with Crippen LogP contribution in [0.25, 0.3) is 0 Å². The first-order chi connectivity index (χ1) is 9.08. The van der Waals surface area contributed by atoms with Gasteiger partial charge in [-0.05, 0) is 35.6 Å². The highest BCUT2D eigenvalue weighted by molar-refractivity contribution is 6.21. The van der Waals surface area contributed by atoms with Crippen molar-refractivity contribution in [1.29, 1.82) is 0 Å². The van der Waals surface area contributed by atoms with Crippen LogP contribution in [0.4, 0.5) is 8.78 Å². The lowest BCUT2D eigenvalue weighted by Gasteiger charge is -2.18. The molecule has 19 heavy (non-hydrogen) atoms. The van der Waals surface area contributed by atoms with Gasteiger partial charge in [-0.25, -0.2) is 8.78 Å². The van der Waals surface area contributed by atoms with Gasteiger partial charge in [0.05, 0.1) is 5.38 Å². The van der Waals surface area contributed by atoms with Gasteiger partial charge in [-0.2, -0.15) is 0 Å². The third-order valence-electron chi connectivity index (χ3n) is 3.16. The molecular weight excluding hydrogens is 266 g/mol. The zero-order valence-electron chi connectivity index (χ0n) is 10.6. The van der Waals surface area contributed by atoms with E-state index < -0.39 is 11.6 Å². The van der Waals surface area contributed by atoms with E-state index in [9.17, 15) is 8.78 Å². The average molecular weight is 281 g/mol. The van der Waals surface area contributed by atoms with Gasteiger partial charge in [0.2, 0.25) is 0 Å². The first-order valence-corrected chi connectivity index (χ1v) is 6.64. The monoisotopic (exact) mass is 280 g/mol. The molecule has 0 amide bonds. The minimum absolute atomic E-state index is 0.133. The summed E-state index contributed by atoms with van der Waals surface area (Å²) >= 11 is 6.41.